The van der Waals surface area contributed by atoms with Crippen molar-refractivity contribution in [3.63, 3.8) is 0 Å². The molecule has 0 aliphatic carbocycles. The average Bonchev–Trinajstić information content (AvgIpc) is 2.28. The smallest absolute Gasteiger partial charge is 0.313 e. The zero-order chi connectivity index (χ0) is 9.14. The molecule has 0 bridgehead atoms. The number of imide groups is 1. The van der Waals surface area contributed by atoms with Crippen LogP contribution >= 0.6 is 0 Å². The van der Waals surface area contributed by atoms with E-state index in [2.05, 4.69) is 12.2 Å². The Morgan fingerprint density at radius 2 is 2.25 bits per heavy atom. The molecule has 12 heavy (non-hydrogen) atoms. The molecule has 4 nitrogen and oxygen atoms in total. The van der Waals surface area contributed by atoms with Crippen molar-refractivity contribution >= 4 is 11.9 Å². The standard InChI is InChI=1S/C8H13N2O2/c1-3-5-6-7(11)9-8(12)10(6)4-2/h6H,1,3-5H2,2H3,(H,9,11,12). The fourth-order valence-corrected chi connectivity index (χ4v) is 1.39. The number of carbonyl (C=O) groups excluding carboxylic acids is 2. The minimum Gasteiger partial charge on any atom is -0.313 e. The Bertz CT molecular complexity index is 203. The SMILES string of the molecule is [CH2]CCC1C(=O)NC(=O)N1CC. The van der Waals surface area contributed by atoms with Crippen LogP contribution in [-0.4, -0.2) is 29.4 Å². The lowest BCUT2D eigenvalue weighted by Gasteiger charge is -2.18. The molecule has 0 aromatic rings. The molecule has 1 atom stereocenters. The van der Waals surface area contributed by atoms with Gasteiger partial charge in [-0.3, -0.25) is 10.1 Å². The minimum atomic E-state index is -0.292. The third kappa shape index (κ3) is 1.42. The van der Waals surface area contributed by atoms with Crippen LogP contribution in [-0.2, 0) is 4.79 Å². The van der Waals surface area contributed by atoms with E-state index in [1.54, 1.807) is 0 Å². The van der Waals surface area contributed by atoms with E-state index >= 15 is 0 Å². The van der Waals surface area contributed by atoms with Crippen LogP contribution in [0, 0.1) is 6.92 Å². The van der Waals surface area contributed by atoms with Gasteiger partial charge in [-0.25, -0.2) is 4.79 Å². The van der Waals surface area contributed by atoms with Gasteiger partial charge >= 0.3 is 6.03 Å². The Labute approximate surface area is 71.9 Å². The van der Waals surface area contributed by atoms with Gasteiger partial charge in [-0.05, 0) is 13.3 Å². The Balaban J connectivity index is 2.68. The predicted molar refractivity (Wildman–Crippen MR) is 44.3 cm³/mol. The number of hydrogen-bond donors (Lipinski definition) is 1. The number of amides is 3. The van der Waals surface area contributed by atoms with E-state index in [9.17, 15) is 9.59 Å². The van der Waals surface area contributed by atoms with E-state index in [1.807, 2.05) is 6.92 Å². The molecule has 67 valence electrons. The highest BCUT2D eigenvalue weighted by molar-refractivity contribution is 6.04. The summed E-state index contributed by atoms with van der Waals surface area (Å²) in [6.07, 6.45) is 1.31. The summed E-state index contributed by atoms with van der Waals surface area (Å²) in [4.78, 5) is 23.8. The maximum atomic E-state index is 11.1. The topological polar surface area (TPSA) is 49.4 Å². The number of nitrogens with zero attached hydrogens (tertiary/aromatic N) is 1. The molecule has 1 unspecified atom stereocenters. The molecule has 0 spiro atoms. The first-order valence-corrected chi connectivity index (χ1v) is 4.11. The second-order valence-electron chi connectivity index (χ2n) is 2.74. The van der Waals surface area contributed by atoms with E-state index in [1.165, 1.54) is 4.90 Å². The molecule has 1 fully saturated rings. The van der Waals surface area contributed by atoms with Crippen LogP contribution in [0.25, 0.3) is 0 Å². The average molecular weight is 169 g/mol. The van der Waals surface area contributed by atoms with Gasteiger partial charge in [0.1, 0.15) is 6.04 Å². The zero-order valence-corrected chi connectivity index (χ0v) is 7.17. The molecule has 1 heterocycles. The summed E-state index contributed by atoms with van der Waals surface area (Å²) in [6.45, 7) is 6.09. The summed E-state index contributed by atoms with van der Waals surface area (Å²) in [5.74, 6) is -0.189. The van der Waals surface area contributed by atoms with E-state index in [-0.39, 0.29) is 18.0 Å². The number of rotatable bonds is 3. The van der Waals surface area contributed by atoms with Crippen molar-refractivity contribution in [2.45, 2.75) is 25.8 Å². The molecule has 0 saturated carbocycles. The van der Waals surface area contributed by atoms with Gasteiger partial charge in [0.05, 0.1) is 0 Å². The molecule has 1 radical (unpaired) electrons. The molecule has 1 saturated heterocycles. The van der Waals surface area contributed by atoms with Gasteiger partial charge in [0.25, 0.3) is 5.91 Å². The minimum absolute atomic E-state index is 0.189. The number of likely N-dealkylation sites (N-methyl/N-ethyl adjacent to an activating group) is 1. The van der Waals surface area contributed by atoms with Gasteiger partial charge in [-0.15, -0.1) is 0 Å². The molecule has 1 aliphatic heterocycles. The van der Waals surface area contributed by atoms with Gasteiger partial charge in [-0.1, -0.05) is 13.3 Å². The van der Waals surface area contributed by atoms with E-state index in [4.69, 9.17) is 0 Å². The fraction of sp³-hybridized carbons (Fsp3) is 0.625. The number of nitrogens with one attached hydrogen (secondary N) is 1. The highest BCUT2D eigenvalue weighted by Gasteiger charge is 2.35. The van der Waals surface area contributed by atoms with Crippen molar-refractivity contribution in [3.05, 3.63) is 6.92 Å². The van der Waals surface area contributed by atoms with E-state index in [0.717, 1.165) is 0 Å². The van der Waals surface area contributed by atoms with Gasteiger partial charge in [0, 0.05) is 6.54 Å². The molecule has 1 N–H and O–H groups in total. The van der Waals surface area contributed by atoms with Gasteiger partial charge < -0.3 is 4.90 Å². The van der Waals surface area contributed by atoms with Crippen LogP contribution in [0.5, 0.6) is 0 Å². The Kier molecular flexibility index (Phi) is 2.68. The Hall–Kier alpha value is -1.06. The van der Waals surface area contributed by atoms with E-state index in [0.29, 0.717) is 19.4 Å². The Morgan fingerprint density at radius 3 is 2.75 bits per heavy atom. The van der Waals surface area contributed by atoms with Crippen LogP contribution in [0.4, 0.5) is 4.79 Å². The van der Waals surface area contributed by atoms with Gasteiger partial charge in [-0.2, -0.15) is 0 Å². The lowest BCUT2D eigenvalue weighted by molar-refractivity contribution is -0.121. The monoisotopic (exact) mass is 169 g/mol. The largest absolute Gasteiger partial charge is 0.324 e. The first-order chi connectivity index (χ1) is 5.70. The lowest BCUT2D eigenvalue weighted by atomic mass is 10.1. The predicted octanol–water partition coefficient (Wildman–Crippen LogP) is 0.541. The fourth-order valence-electron chi connectivity index (χ4n) is 1.39. The highest BCUT2D eigenvalue weighted by atomic mass is 16.2. The van der Waals surface area contributed by atoms with Crippen LogP contribution in [0.3, 0.4) is 0 Å². The second kappa shape index (κ2) is 3.56. The van der Waals surface area contributed by atoms with Crippen molar-refractivity contribution in [1.82, 2.24) is 10.2 Å². The second-order valence-corrected chi connectivity index (χ2v) is 2.74. The molecule has 0 aromatic carbocycles. The molecule has 4 heteroatoms. The number of hydrogen-bond acceptors (Lipinski definition) is 2. The normalized spacial score (nSPS) is 23.2. The summed E-state index contributed by atoms with van der Waals surface area (Å²) >= 11 is 0. The molecule has 1 aliphatic rings. The number of carbonyl (C=O) groups is 2. The summed E-state index contributed by atoms with van der Waals surface area (Å²) in [5.41, 5.74) is 0. The summed E-state index contributed by atoms with van der Waals surface area (Å²) in [6, 6.07) is -0.569. The quantitative estimate of drug-likeness (QED) is 0.627. The maximum absolute atomic E-state index is 11.1. The molecule has 3 amide bonds. The van der Waals surface area contributed by atoms with E-state index < -0.39 is 0 Å². The summed E-state index contributed by atoms with van der Waals surface area (Å²) in [5, 5.41) is 2.27. The first kappa shape index (κ1) is 9.03. The van der Waals surface area contributed by atoms with Crippen LogP contribution < -0.4 is 5.32 Å². The van der Waals surface area contributed by atoms with Crippen molar-refractivity contribution in [1.29, 1.82) is 0 Å². The molecular weight excluding hydrogens is 156 g/mol. The Morgan fingerprint density at radius 1 is 1.58 bits per heavy atom. The highest BCUT2D eigenvalue weighted by Crippen LogP contribution is 2.12. The van der Waals surface area contributed by atoms with Crippen LogP contribution in [0.1, 0.15) is 19.8 Å². The van der Waals surface area contributed by atoms with Crippen molar-refractivity contribution in [2.24, 2.45) is 0 Å². The maximum Gasteiger partial charge on any atom is 0.324 e. The third-order valence-electron chi connectivity index (χ3n) is 1.99. The van der Waals surface area contributed by atoms with Crippen LogP contribution in [0.2, 0.25) is 0 Å². The van der Waals surface area contributed by atoms with Crippen molar-refractivity contribution in [2.75, 3.05) is 6.54 Å². The first-order valence-electron chi connectivity index (χ1n) is 4.11. The van der Waals surface area contributed by atoms with Gasteiger partial charge in [0.2, 0.25) is 0 Å². The van der Waals surface area contributed by atoms with Crippen molar-refractivity contribution < 1.29 is 9.59 Å². The summed E-state index contributed by atoms with van der Waals surface area (Å²) in [7, 11) is 0. The molecule has 0 aromatic heterocycles. The molecular formula is C8H13N2O2. The third-order valence-corrected chi connectivity index (χ3v) is 1.99. The van der Waals surface area contributed by atoms with Crippen molar-refractivity contribution in [3.8, 4) is 0 Å². The molecule has 1 rings (SSSR count). The van der Waals surface area contributed by atoms with Crippen LogP contribution in [0.15, 0.2) is 0 Å². The lowest BCUT2D eigenvalue weighted by Crippen LogP contribution is -2.34. The summed E-state index contributed by atoms with van der Waals surface area (Å²) < 4.78 is 0. The zero-order valence-electron chi connectivity index (χ0n) is 7.17. The number of urea groups is 1. The van der Waals surface area contributed by atoms with Gasteiger partial charge in [0.15, 0.2) is 0 Å².